The Balaban J connectivity index is 2.60. The van der Waals surface area contributed by atoms with Crippen molar-refractivity contribution >= 4 is 11.7 Å². The molecule has 1 rings (SSSR count). The lowest BCUT2D eigenvalue weighted by Crippen LogP contribution is -2.45. The number of amidine groups is 1. The summed E-state index contributed by atoms with van der Waals surface area (Å²) in [5, 5.41) is 14.8. The molecule has 0 radical (unpaired) electrons. The van der Waals surface area contributed by atoms with Crippen LogP contribution < -0.4 is 11.1 Å². The topological polar surface area (TPSA) is 87.7 Å². The van der Waals surface area contributed by atoms with Crippen LogP contribution in [0.1, 0.15) is 52.4 Å². The molecule has 5 heteroatoms. The van der Waals surface area contributed by atoms with Gasteiger partial charge in [-0.15, -0.1) is 0 Å². The van der Waals surface area contributed by atoms with Crippen LogP contribution in [0.4, 0.5) is 0 Å². The monoisotopic (exact) mass is 255 g/mol. The van der Waals surface area contributed by atoms with E-state index < -0.39 is 5.92 Å². The molecular weight excluding hydrogens is 230 g/mol. The smallest absolute Gasteiger partial charge is 0.231 e. The van der Waals surface area contributed by atoms with Crippen molar-refractivity contribution in [3.63, 3.8) is 0 Å². The van der Waals surface area contributed by atoms with Crippen LogP contribution in [0.2, 0.25) is 0 Å². The number of hydrogen-bond donors (Lipinski definition) is 3. The fraction of sp³-hybridized carbons (Fsp3) is 0.846. The molecule has 0 aliphatic heterocycles. The Kier molecular flexibility index (Phi) is 5.95. The molecule has 0 heterocycles. The Labute approximate surface area is 109 Å². The fourth-order valence-corrected chi connectivity index (χ4v) is 2.56. The van der Waals surface area contributed by atoms with Gasteiger partial charge in [0.1, 0.15) is 5.92 Å². The molecule has 1 aliphatic carbocycles. The van der Waals surface area contributed by atoms with E-state index in [4.69, 9.17) is 10.9 Å². The first-order chi connectivity index (χ1) is 8.56. The summed E-state index contributed by atoms with van der Waals surface area (Å²) in [7, 11) is 0. The lowest BCUT2D eigenvalue weighted by Gasteiger charge is -2.23. The molecule has 18 heavy (non-hydrogen) atoms. The second-order valence-electron chi connectivity index (χ2n) is 5.44. The van der Waals surface area contributed by atoms with Crippen LogP contribution in [0.25, 0.3) is 0 Å². The first-order valence-corrected chi connectivity index (χ1v) is 6.84. The highest BCUT2D eigenvalue weighted by Crippen LogP contribution is 2.19. The van der Waals surface area contributed by atoms with E-state index in [1.54, 1.807) is 0 Å². The minimum atomic E-state index is -0.543. The molecular formula is C13H25N3O2. The van der Waals surface area contributed by atoms with Crippen molar-refractivity contribution in [3.05, 3.63) is 0 Å². The Bertz CT molecular complexity index is 295. The lowest BCUT2D eigenvalue weighted by atomic mass is 9.93. The predicted molar refractivity (Wildman–Crippen MR) is 71.4 cm³/mol. The summed E-state index contributed by atoms with van der Waals surface area (Å²) in [6, 6.07) is 0.243. The molecule has 1 saturated carbocycles. The lowest BCUT2D eigenvalue weighted by molar-refractivity contribution is -0.124. The number of nitrogens with one attached hydrogen (secondary N) is 1. The highest BCUT2D eigenvalue weighted by atomic mass is 16.4. The van der Waals surface area contributed by atoms with Crippen LogP contribution in [0.3, 0.4) is 0 Å². The van der Waals surface area contributed by atoms with E-state index in [0.29, 0.717) is 0 Å². The predicted octanol–water partition coefficient (Wildman–Crippen LogP) is 1.84. The molecule has 1 amide bonds. The molecule has 0 aromatic heterocycles. The third-order valence-corrected chi connectivity index (χ3v) is 3.58. The van der Waals surface area contributed by atoms with Gasteiger partial charge in [0.2, 0.25) is 5.91 Å². The quantitative estimate of drug-likeness (QED) is 0.235. The van der Waals surface area contributed by atoms with Crippen LogP contribution in [0.5, 0.6) is 0 Å². The molecule has 0 aromatic rings. The Morgan fingerprint density at radius 3 is 2.28 bits per heavy atom. The van der Waals surface area contributed by atoms with Crippen molar-refractivity contribution in [3.8, 4) is 0 Å². The van der Waals surface area contributed by atoms with E-state index in [9.17, 15) is 4.79 Å². The second-order valence-corrected chi connectivity index (χ2v) is 5.44. The molecule has 5 nitrogen and oxygen atoms in total. The molecule has 104 valence electrons. The third-order valence-electron chi connectivity index (χ3n) is 3.58. The second kappa shape index (κ2) is 7.24. The molecule has 0 bridgehead atoms. The highest BCUT2D eigenvalue weighted by Gasteiger charge is 2.28. The van der Waals surface area contributed by atoms with Crippen molar-refractivity contribution in [1.82, 2.24) is 5.32 Å². The Hall–Kier alpha value is -1.26. The largest absolute Gasteiger partial charge is 0.409 e. The van der Waals surface area contributed by atoms with E-state index in [-0.39, 0.29) is 23.7 Å². The van der Waals surface area contributed by atoms with E-state index in [1.165, 1.54) is 25.7 Å². The summed E-state index contributed by atoms with van der Waals surface area (Å²) in [5.74, 6) is -0.645. The van der Waals surface area contributed by atoms with Crippen molar-refractivity contribution in [2.45, 2.75) is 58.4 Å². The Morgan fingerprint density at radius 2 is 1.83 bits per heavy atom. The number of hydrogen-bond acceptors (Lipinski definition) is 3. The summed E-state index contributed by atoms with van der Waals surface area (Å²) in [4.78, 5) is 12.2. The normalized spacial score (nSPS) is 20.5. The van der Waals surface area contributed by atoms with Crippen molar-refractivity contribution in [1.29, 1.82) is 0 Å². The molecule has 0 spiro atoms. The molecule has 1 atom stereocenters. The zero-order chi connectivity index (χ0) is 13.5. The Morgan fingerprint density at radius 1 is 1.28 bits per heavy atom. The zero-order valence-electron chi connectivity index (χ0n) is 11.4. The average molecular weight is 255 g/mol. The molecule has 1 unspecified atom stereocenters. The highest BCUT2D eigenvalue weighted by molar-refractivity contribution is 6.02. The average Bonchev–Trinajstić information content (AvgIpc) is 2.57. The van der Waals surface area contributed by atoms with Gasteiger partial charge in [0, 0.05) is 6.04 Å². The number of carbonyl (C=O) groups excluding carboxylic acids is 1. The number of rotatable bonds is 4. The number of nitrogens with two attached hydrogens (primary N) is 1. The summed E-state index contributed by atoms with van der Waals surface area (Å²) in [6.07, 6.45) is 6.90. The van der Waals surface area contributed by atoms with Gasteiger partial charge in [-0.3, -0.25) is 4.79 Å². The first kappa shape index (κ1) is 14.8. The van der Waals surface area contributed by atoms with Crippen LogP contribution in [-0.2, 0) is 4.79 Å². The van der Waals surface area contributed by atoms with E-state index in [2.05, 4.69) is 10.5 Å². The van der Waals surface area contributed by atoms with Gasteiger partial charge in [0.25, 0.3) is 0 Å². The van der Waals surface area contributed by atoms with Crippen LogP contribution in [-0.4, -0.2) is 23.0 Å². The van der Waals surface area contributed by atoms with Crippen molar-refractivity contribution in [2.75, 3.05) is 0 Å². The van der Waals surface area contributed by atoms with Gasteiger partial charge in [0.15, 0.2) is 5.84 Å². The SMILES string of the molecule is CC(C)C(C(=O)NC1CCCCCC1)/C(N)=N/O. The van der Waals surface area contributed by atoms with Crippen LogP contribution in [0, 0.1) is 11.8 Å². The number of oxime groups is 1. The summed E-state index contributed by atoms with van der Waals surface area (Å²) < 4.78 is 0. The third kappa shape index (κ3) is 4.20. The summed E-state index contributed by atoms with van der Waals surface area (Å²) in [5.41, 5.74) is 5.59. The van der Waals surface area contributed by atoms with E-state index in [1.807, 2.05) is 13.8 Å². The standard InChI is InChI=1S/C13H25N3O2/c1-9(2)11(12(14)16-18)13(17)15-10-7-5-3-4-6-8-10/h9-11,18H,3-8H2,1-2H3,(H2,14,16)(H,15,17). The molecule has 1 aliphatic rings. The van der Waals surface area contributed by atoms with Crippen LogP contribution >= 0.6 is 0 Å². The molecule has 1 fully saturated rings. The first-order valence-electron chi connectivity index (χ1n) is 6.84. The number of nitrogens with zero attached hydrogens (tertiary/aromatic N) is 1. The van der Waals surface area contributed by atoms with Gasteiger partial charge in [-0.2, -0.15) is 0 Å². The van der Waals surface area contributed by atoms with E-state index in [0.717, 1.165) is 12.8 Å². The van der Waals surface area contributed by atoms with Crippen molar-refractivity contribution in [2.24, 2.45) is 22.7 Å². The summed E-state index contributed by atoms with van der Waals surface area (Å²) >= 11 is 0. The van der Waals surface area contributed by atoms with Gasteiger partial charge in [-0.05, 0) is 18.8 Å². The van der Waals surface area contributed by atoms with E-state index >= 15 is 0 Å². The maximum Gasteiger partial charge on any atom is 0.231 e. The minimum Gasteiger partial charge on any atom is -0.409 e. The van der Waals surface area contributed by atoms with Gasteiger partial charge >= 0.3 is 0 Å². The minimum absolute atomic E-state index is 0.00359. The molecule has 4 N–H and O–H groups in total. The zero-order valence-corrected chi connectivity index (χ0v) is 11.4. The number of amides is 1. The van der Waals surface area contributed by atoms with Gasteiger partial charge in [0.05, 0.1) is 0 Å². The number of carbonyl (C=O) groups is 1. The molecule has 0 saturated heterocycles. The molecule has 0 aromatic carbocycles. The van der Waals surface area contributed by atoms with Gasteiger partial charge < -0.3 is 16.3 Å². The maximum atomic E-state index is 12.2. The van der Waals surface area contributed by atoms with Crippen molar-refractivity contribution < 1.29 is 10.0 Å². The summed E-state index contributed by atoms with van der Waals surface area (Å²) in [6.45, 7) is 3.80. The maximum absolute atomic E-state index is 12.2. The van der Waals surface area contributed by atoms with Gasteiger partial charge in [-0.25, -0.2) is 0 Å². The van der Waals surface area contributed by atoms with Gasteiger partial charge in [-0.1, -0.05) is 44.7 Å². The van der Waals surface area contributed by atoms with Crippen LogP contribution in [0.15, 0.2) is 5.16 Å². The fourth-order valence-electron chi connectivity index (χ4n) is 2.56.